The molecule has 0 N–H and O–H groups in total. The smallest absolute Gasteiger partial charge is 0.318 e. The van der Waals surface area contributed by atoms with E-state index in [1.807, 2.05) is 0 Å². The maximum absolute atomic E-state index is 11.9. The number of halogens is 10. The molecule has 1 radical (unpaired) electrons. The molecule has 3 nitrogen and oxygen atoms in total. The van der Waals surface area contributed by atoms with Crippen molar-refractivity contribution in [1.29, 1.82) is 0 Å². The van der Waals surface area contributed by atoms with Crippen molar-refractivity contribution < 1.29 is 58.2 Å². The summed E-state index contributed by atoms with van der Waals surface area (Å²) in [7, 11) is -4.40. The minimum Gasteiger partial charge on any atom is -0.318 e. The molecule has 0 aliphatic rings. The third kappa shape index (κ3) is 4.17. The van der Waals surface area contributed by atoms with Gasteiger partial charge in [0.15, 0.2) is 0 Å². The second-order valence-corrected chi connectivity index (χ2v) is 2.55. The van der Waals surface area contributed by atoms with E-state index < -0.39 is 31.9 Å². The highest BCUT2D eigenvalue weighted by molar-refractivity contribution is 6.34. The van der Waals surface area contributed by atoms with Crippen molar-refractivity contribution in [3.8, 4) is 0 Å². The summed E-state index contributed by atoms with van der Waals surface area (Å²) >= 11 is 0. The molecule has 18 heavy (non-hydrogen) atoms. The number of alkyl halides is 10. The number of hydrogen-bond donors (Lipinski definition) is 0. The number of hydrogen-bond acceptors (Lipinski definition) is 2. The molecule has 0 aromatic rings. The summed E-state index contributed by atoms with van der Waals surface area (Å²) < 4.78 is 120. The van der Waals surface area contributed by atoms with Crippen LogP contribution >= 0.6 is 0 Å². The third-order valence-electron chi connectivity index (χ3n) is 1.15. The van der Waals surface area contributed by atoms with Gasteiger partial charge in [-0.1, -0.05) is 0 Å². The molecule has 0 aliphatic heterocycles. The summed E-state index contributed by atoms with van der Waals surface area (Å²) in [6.07, 6.45) is -25.4. The minimum absolute atomic E-state index is 2.12. The summed E-state index contributed by atoms with van der Waals surface area (Å²) in [5.41, 5.74) is 0. The lowest BCUT2D eigenvalue weighted by molar-refractivity contribution is -0.394. The van der Waals surface area contributed by atoms with Crippen LogP contribution in [0, 0.1) is 0 Å². The van der Waals surface area contributed by atoms with E-state index in [1.54, 1.807) is 0 Å². The van der Waals surface area contributed by atoms with Gasteiger partial charge in [-0.05, 0) is 0 Å². The van der Waals surface area contributed by atoms with E-state index in [2.05, 4.69) is 9.31 Å². The first kappa shape index (κ1) is 17.2. The minimum atomic E-state index is -6.48. The van der Waals surface area contributed by atoms with Crippen LogP contribution in [0.2, 0.25) is 0 Å². The molecule has 0 saturated carbocycles. The van der Waals surface area contributed by atoms with Crippen molar-refractivity contribution in [2.24, 2.45) is 0 Å². The van der Waals surface area contributed by atoms with Crippen LogP contribution in [-0.2, 0) is 14.3 Å². The molecule has 0 unspecified atom stereocenters. The highest BCUT2D eigenvalue weighted by atomic mass is 19.4. The van der Waals surface area contributed by atoms with Crippen molar-refractivity contribution in [2.75, 3.05) is 0 Å². The normalized spacial score (nSPS) is 14.8. The quantitative estimate of drug-likeness (QED) is 0.591. The summed E-state index contributed by atoms with van der Waals surface area (Å²) in [5, 5.41) is 10.0. The van der Waals surface area contributed by atoms with Gasteiger partial charge in [0.2, 0.25) is 0 Å². The Bertz CT molecular complexity index is 256. The van der Waals surface area contributed by atoms with Crippen LogP contribution < -0.4 is 0 Å². The van der Waals surface area contributed by atoms with Crippen molar-refractivity contribution in [2.45, 2.75) is 24.6 Å². The first-order chi connectivity index (χ1) is 7.60. The van der Waals surface area contributed by atoms with Crippen LogP contribution in [0.5, 0.6) is 0 Å². The van der Waals surface area contributed by atoms with Crippen LogP contribution in [0.4, 0.5) is 43.9 Å². The summed E-state index contributed by atoms with van der Waals surface area (Å²) in [6.45, 7) is 0. The molecular weight excluding hydrogens is 297 g/mol. The average Bonchev–Trinajstić information content (AvgIpc) is 1.95. The first-order valence-electron chi connectivity index (χ1n) is 3.51. The maximum atomic E-state index is 11.9. The molecule has 107 valence electrons. The zero-order valence-electron chi connectivity index (χ0n) is 7.58. The van der Waals surface area contributed by atoms with E-state index in [9.17, 15) is 48.9 Å². The first-order valence-corrected chi connectivity index (χ1v) is 3.51. The van der Waals surface area contributed by atoms with Crippen LogP contribution in [0.15, 0.2) is 0 Å². The van der Waals surface area contributed by atoms with Crippen molar-refractivity contribution in [1.82, 2.24) is 0 Å². The summed E-state index contributed by atoms with van der Waals surface area (Å²) in [4.78, 5) is 0. The van der Waals surface area contributed by atoms with Crippen LogP contribution in [0.25, 0.3) is 0 Å². The van der Waals surface area contributed by atoms with Gasteiger partial charge in [-0.25, -0.2) is 5.02 Å². The third-order valence-corrected chi connectivity index (χ3v) is 1.15. The fourth-order valence-electron chi connectivity index (χ4n) is 0.399. The van der Waals surface area contributed by atoms with Crippen LogP contribution in [0.3, 0.4) is 0 Å². The fourth-order valence-corrected chi connectivity index (χ4v) is 0.399. The zero-order chi connectivity index (χ0) is 15.0. The second kappa shape index (κ2) is 4.73. The molecule has 0 heterocycles. The van der Waals surface area contributed by atoms with Crippen LogP contribution in [0.1, 0.15) is 0 Å². The molecule has 0 amide bonds. The predicted octanol–water partition coefficient (Wildman–Crippen LogP) is 2.75. The van der Waals surface area contributed by atoms with E-state index in [1.165, 1.54) is 0 Å². The van der Waals surface area contributed by atoms with E-state index in [-0.39, 0.29) is 0 Å². The van der Waals surface area contributed by atoms with E-state index in [0.29, 0.717) is 0 Å². The Labute approximate surface area is 91.4 Å². The van der Waals surface area contributed by atoms with E-state index >= 15 is 0 Å². The fraction of sp³-hybridized carbons (Fsp3) is 1.00. The molecule has 0 atom stereocenters. The van der Waals surface area contributed by atoms with Crippen LogP contribution in [-0.4, -0.2) is 31.9 Å². The van der Waals surface area contributed by atoms with Gasteiger partial charge < -0.3 is 9.31 Å². The van der Waals surface area contributed by atoms with Gasteiger partial charge in [-0.3, -0.25) is 0 Å². The lowest BCUT2D eigenvalue weighted by Crippen LogP contribution is -2.49. The molecule has 0 fully saturated rings. The molecule has 0 aromatic carbocycles. The van der Waals surface area contributed by atoms with Gasteiger partial charge in [0.25, 0.3) is 0 Å². The Morgan fingerprint density at radius 2 is 0.833 bits per heavy atom. The van der Waals surface area contributed by atoms with Gasteiger partial charge in [-0.2, -0.15) is 43.9 Å². The van der Waals surface area contributed by atoms with Crippen molar-refractivity contribution in [3.63, 3.8) is 0 Å². The molecule has 0 aliphatic carbocycles. The Morgan fingerprint density at radius 3 is 1.00 bits per heavy atom. The van der Waals surface area contributed by atoms with Gasteiger partial charge in [0, 0.05) is 0 Å². The van der Waals surface area contributed by atoms with Gasteiger partial charge in [0.1, 0.15) is 0 Å². The van der Waals surface area contributed by atoms with Gasteiger partial charge in [0.05, 0.1) is 0 Å². The second-order valence-electron chi connectivity index (χ2n) is 2.55. The molecule has 0 bridgehead atoms. The lowest BCUT2D eigenvalue weighted by Gasteiger charge is -2.23. The van der Waals surface area contributed by atoms with E-state index in [0.717, 1.165) is 0 Å². The van der Waals surface area contributed by atoms with Gasteiger partial charge in [-0.15, -0.1) is 0 Å². The SMILES string of the molecule is [O]B(OC(F)(F)C(F)(F)F)OC(F)(F)C(F)(F)F. The number of rotatable bonds is 4. The largest absolute Gasteiger partial charge is 0.676 e. The van der Waals surface area contributed by atoms with Crippen molar-refractivity contribution >= 4 is 7.32 Å². The van der Waals surface area contributed by atoms with Crippen molar-refractivity contribution in [3.05, 3.63) is 0 Å². The lowest BCUT2D eigenvalue weighted by atomic mass is 10.2. The Kier molecular flexibility index (Phi) is 4.53. The molecule has 0 saturated heterocycles. The summed E-state index contributed by atoms with van der Waals surface area (Å²) in [5.74, 6) is 0. The Balaban J connectivity index is 4.69. The topological polar surface area (TPSA) is 38.4 Å². The van der Waals surface area contributed by atoms with Gasteiger partial charge >= 0.3 is 31.9 Å². The molecule has 14 heteroatoms. The Morgan fingerprint density at radius 1 is 0.611 bits per heavy atom. The maximum Gasteiger partial charge on any atom is 0.676 e. The monoisotopic (exact) mass is 297 g/mol. The highest BCUT2D eigenvalue weighted by Crippen LogP contribution is 2.39. The molecule has 0 spiro atoms. The molecular formula is C4BF10O3. The molecule has 0 rings (SSSR count). The standard InChI is InChI=1S/C4BF10O3/c6-1(7,8)3(12,13)17-5(16)18-4(14,15)2(9,10)11. The molecule has 0 aromatic heterocycles. The average molecular weight is 297 g/mol. The zero-order valence-corrected chi connectivity index (χ0v) is 7.58. The Hall–Kier alpha value is -0.755. The van der Waals surface area contributed by atoms with E-state index in [4.69, 9.17) is 0 Å². The summed E-state index contributed by atoms with van der Waals surface area (Å²) in [6, 6.07) is 0. The predicted molar refractivity (Wildman–Crippen MR) is 30.6 cm³/mol. The highest BCUT2D eigenvalue weighted by Gasteiger charge is 2.66.